The Labute approximate surface area is 115 Å². The van der Waals surface area contributed by atoms with Crippen LogP contribution in [0.5, 0.6) is 0 Å². The Morgan fingerprint density at radius 3 is 1.95 bits per heavy atom. The largest absolute Gasteiger partial charge is 0.388 e. The Hall–Kier alpha value is -1.45. The lowest BCUT2D eigenvalue weighted by Gasteiger charge is -2.12. The van der Waals surface area contributed by atoms with Gasteiger partial charge < -0.3 is 5.11 Å². The quantitative estimate of drug-likeness (QED) is 0.872. The van der Waals surface area contributed by atoms with E-state index in [1.165, 1.54) is 24.3 Å². The molecule has 19 heavy (non-hydrogen) atoms. The van der Waals surface area contributed by atoms with E-state index in [4.69, 9.17) is 11.6 Å². The van der Waals surface area contributed by atoms with Crippen LogP contribution in [0.3, 0.4) is 0 Å². The van der Waals surface area contributed by atoms with E-state index in [1.54, 1.807) is 12.1 Å². The zero-order valence-corrected chi connectivity index (χ0v) is 10.8. The highest BCUT2D eigenvalue weighted by Crippen LogP contribution is 2.23. The van der Waals surface area contributed by atoms with Crippen LogP contribution in [-0.2, 0) is 6.42 Å². The summed E-state index contributed by atoms with van der Waals surface area (Å²) in [7, 11) is 0. The fourth-order valence-electron chi connectivity index (χ4n) is 1.83. The number of aliphatic hydroxyl groups is 1. The molecule has 0 saturated carbocycles. The molecule has 0 aliphatic rings. The third kappa shape index (κ3) is 3.75. The van der Waals surface area contributed by atoms with Gasteiger partial charge in [0.25, 0.3) is 6.43 Å². The Morgan fingerprint density at radius 2 is 1.42 bits per heavy atom. The van der Waals surface area contributed by atoms with E-state index in [0.717, 1.165) is 5.56 Å². The van der Waals surface area contributed by atoms with Crippen molar-refractivity contribution in [3.63, 3.8) is 0 Å². The van der Waals surface area contributed by atoms with Crippen molar-refractivity contribution < 1.29 is 13.9 Å². The maximum absolute atomic E-state index is 12.4. The molecule has 1 nitrogen and oxygen atoms in total. The highest BCUT2D eigenvalue weighted by Gasteiger charge is 2.11. The van der Waals surface area contributed by atoms with Crippen LogP contribution in [-0.4, -0.2) is 5.11 Å². The molecule has 0 bridgehead atoms. The van der Waals surface area contributed by atoms with Crippen LogP contribution in [0.25, 0.3) is 0 Å². The summed E-state index contributed by atoms with van der Waals surface area (Å²) in [5.74, 6) is 0. The van der Waals surface area contributed by atoms with E-state index in [9.17, 15) is 13.9 Å². The second-order valence-electron chi connectivity index (χ2n) is 4.31. The third-order valence-electron chi connectivity index (χ3n) is 2.92. The summed E-state index contributed by atoms with van der Waals surface area (Å²) < 4.78 is 24.8. The molecule has 1 atom stereocenters. The number of aliphatic hydroxyl groups excluding tert-OH is 1. The summed E-state index contributed by atoms with van der Waals surface area (Å²) in [6, 6.07) is 12.9. The van der Waals surface area contributed by atoms with Crippen molar-refractivity contribution in [3.05, 3.63) is 70.2 Å². The Balaban J connectivity index is 2.07. The van der Waals surface area contributed by atoms with Gasteiger partial charge in [-0.3, -0.25) is 0 Å². The number of alkyl halides is 2. The van der Waals surface area contributed by atoms with Gasteiger partial charge in [0.05, 0.1) is 6.10 Å². The van der Waals surface area contributed by atoms with Crippen molar-refractivity contribution in [1.29, 1.82) is 0 Å². The molecular weight excluding hydrogens is 270 g/mol. The molecule has 0 fully saturated rings. The van der Waals surface area contributed by atoms with Gasteiger partial charge in [0, 0.05) is 17.0 Å². The van der Waals surface area contributed by atoms with Crippen molar-refractivity contribution in [3.8, 4) is 0 Å². The molecule has 2 aromatic carbocycles. The number of rotatable bonds is 4. The van der Waals surface area contributed by atoms with Crippen molar-refractivity contribution in [2.24, 2.45) is 0 Å². The summed E-state index contributed by atoms with van der Waals surface area (Å²) in [4.78, 5) is 0. The van der Waals surface area contributed by atoms with Gasteiger partial charge in [0.2, 0.25) is 0 Å². The molecule has 100 valence electrons. The number of halogens is 3. The van der Waals surface area contributed by atoms with Gasteiger partial charge in [-0.05, 0) is 23.3 Å². The smallest absolute Gasteiger partial charge is 0.263 e. The summed E-state index contributed by atoms with van der Waals surface area (Å²) in [5.41, 5.74) is 1.52. The minimum atomic E-state index is -2.48. The predicted octanol–water partition coefficient (Wildman–Crippen LogP) is 4.55. The van der Waals surface area contributed by atoms with Crippen LogP contribution in [0, 0.1) is 0 Å². The summed E-state index contributed by atoms with van der Waals surface area (Å²) >= 11 is 5.78. The molecule has 0 aliphatic heterocycles. The standard InChI is InChI=1S/C15H13ClF2O/c16-13-7-1-10(2-8-13)9-14(19)11-3-5-12(6-4-11)15(17)18/h1-8,14-15,19H,9H2. The Kier molecular flexibility index (Phi) is 4.51. The molecule has 0 aliphatic carbocycles. The van der Waals surface area contributed by atoms with Crippen LogP contribution in [0.15, 0.2) is 48.5 Å². The van der Waals surface area contributed by atoms with Crippen LogP contribution in [0.1, 0.15) is 29.2 Å². The predicted molar refractivity (Wildman–Crippen MR) is 71.5 cm³/mol. The maximum atomic E-state index is 12.4. The first-order chi connectivity index (χ1) is 9.06. The Bertz CT molecular complexity index is 523. The van der Waals surface area contributed by atoms with Gasteiger partial charge >= 0.3 is 0 Å². The average molecular weight is 283 g/mol. The van der Waals surface area contributed by atoms with Gasteiger partial charge in [-0.15, -0.1) is 0 Å². The van der Waals surface area contributed by atoms with Gasteiger partial charge in [0.1, 0.15) is 0 Å². The van der Waals surface area contributed by atoms with Gasteiger partial charge in [-0.1, -0.05) is 48.0 Å². The molecule has 1 unspecified atom stereocenters. The highest BCUT2D eigenvalue weighted by atomic mass is 35.5. The molecule has 0 saturated heterocycles. The van der Waals surface area contributed by atoms with Crippen LogP contribution >= 0.6 is 11.6 Å². The molecule has 0 amide bonds. The first-order valence-electron chi connectivity index (χ1n) is 5.87. The number of hydrogen-bond acceptors (Lipinski definition) is 1. The molecule has 0 radical (unpaired) electrons. The van der Waals surface area contributed by atoms with E-state index in [-0.39, 0.29) is 5.56 Å². The summed E-state index contributed by atoms with van der Waals surface area (Å²) in [6.07, 6.45) is -2.78. The van der Waals surface area contributed by atoms with Crippen molar-refractivity contribution in [2.75, 3.05) is 0 Å². The summed E-state index contributed by atoms with van der Waals surface area (Å²) in [5, 5.41) is 10.7. The minimum Gasteiger partial charge on any atom is -0.388 e. The van der Waals surface area contributed by atoms with Crippen LogP contribution in [0.4, 0.5) is 8.78 Å². The normalized spacial score (nSPS) is 12.7. The van der Waals surface area contributed by atoms with E-state index >= 15 is 0 Å². The average Bonchev–Trinajstić information content (AvgIpc) is 2.41. The molecule has 0 aromatic heterocycles. The van der Waals surface area contributed by atoms with Crippen molar-refractivity contribution in [1.82, 2.24) is 0 Å². The van der Waals surface area contributed by atoms with E-state index < -0.39 is 12.5 Å². The van der Waals surface area contributed by atoms with E-state index in [0.29, 0.717) is 17.0 Å². The topological polar surface area (TPSA) is 20.2 Å². The molecule has 1 N–H and O–H groups in total. The molecule has 4 heteroatoms. The zero-order valence-electron chi connectivity index (χ0n) is 10.1. The molecule has 2 aromatic rings. The lowest BCUT2D eigenvalue weighted by molar-refractivity contribution is 0.151. The maximum Gasteiger partial charge on any atom is 0.263 e. The van der Waals surface area contributed by atoms with Crippen LogP contribution < -0.4 is 0 Å². The number of hydrogen-bond donors (Lipinski definition) is 1. The first-order valence-corrected chi connectivity index (χ1v) is 6.24. The van der Waals surface area contributed by atoms with Gasteiger partial charge in [-0.25, -0.2) is 8.78 Å². The summed E-state index contributed by atoms with van der Waals surface area (Å²) in [6.45, 7) is 0. The lowest BCUT2D eigenvalue weighted by atomic mass is 10.0. The monoisotopic (exact) mass is 282 g/mol. The lowest BCUT2D eigenvalue weighted by Crippen LogP contribution is -2.02. The SMILES string of the molecule is OC(Cc1ccc(Cl)cc1)c1ccc(C(F)F)cc1. The van der Waals surface area contributed by atoms with Gasteiger partial charge in [-0.2, -0.15) is 0 Å². The fourth-order valence-corrected chi connectivity index (χ4v) is 1.95. The van der Waals surface area contributed by atoms with Gasteiger partial charge in [0.15, 0.2) is 0 Å². The zero-order chi connectivity index (χ0) is 13.8. The molecule has 0 heterocycles. The Morgan fingerprint density at radius 1 is 0.895 bits per heavy atom. The second kappa shape index (κ2) is 6.13. The first kappa shape index (κ1) is 14.0. The van der Waals surface area contributed by atoms with Crippen LogP contribution in [0.2, 0.25) is 5.02 Å². The number of benzene rings is 2. The molecule has 2 rings (SSSR count). The molecular formula is C15H13ClF2O. The van der Waals surface area contributed by atoms with Crippen molar-refractivity contribution in [2.45, 2.75) is 19.0 Å². The highest BCUT2D eigenvalue weighted by molar-refractivity contribution is 6.30. The third-order valence-corrected chi connectivity index (χ3v) is 3.17. The minimum absolute atomic E-state index is 0.0394. The van der Waals surface area contributed by atoms with E-state index in [1.807, 2.05) is 12.1 Å². The molecule has 0 spiro atoms. The second-order valence-corrected chi connectivity index (χ2v) is 4.75. The van der Waals surface area contributed by atoms with Crippen molar-refractivity contribution >= 4 is 11.6 Å². The van der Waals surface area contributed by atoms with E-state index in [2.05, 4.69) is 0 Å². The fraction of sp³-hybridized carbons (Fsp3) is 0.200.